The first kappa shape index (κ1) is 9.21. The van der Waals surface area contributed by atoms with Gasteiger partial charge in [0.1, 0.15) is 0 Å². The van der Waals surface area contributed by atoms with Crippen LogP contribution in [0.4, 0.5) is 0 Å². The van der Waals surface area contributed by atoms with Crippen LogP contribution in [0.3, 0.4) is 0 Å². The molecule has 0 unspecified atom stereocenters. The molecular weight excluding hydrogens is 180 g/mol. The Morgan fingerprint density at radius 3 is 2.73 bits per heavy atom. The SMILES string of the molecule is CC1=Cc2cc(C3CCCC3)ccc2C1. The van der Waals surface area contributed by atoms with Crippen LogP contribution in [0, 0.1) is 0 Å². The van der Waals surface area contributed by atoms with Crippen LogP contribution in [0.25, 0.3) is 6.08 Å². The molecule has 15 heavy (non-hydrogen) atoms. The molecule has 1 fully saturated rings. The topological polar surface area (TPSA) is 0 Å². The van der Waals surface area contributed by atoms with Gasteiger partial charge in [-0.2, -0.15) is 0 Å². The van der Waals surface area contributed by atoms with Crippen LogP contribution in [0.2, 0.25) is 0 Å². The zero-order valence-electron chi connectivity index (χ0n) is 9.42. The molecular formula is C15H18. The molecule has 0 aliphatic heterocycles. The molecule has 1 saturated carbocycles. The average molecular weight is 198 g/mol. The maximum atomic E-state index is 2.43. The van der Waals surface area contributed by atoms with E-state index < -0.39 is 0 Å². The summed E-state index contributed by atoms with van der Waals surface area (Å²) < 4.78 is 0. The standard InChI is InChI=1S/C15H18/c1-11-8-13-6-7-14(10-15(13)9-11)12-4-2-3-5-12/h6-7,9-10,12H,2-5,8H2,1H3. The summed E-state index contributed by atoms with van der Waals surface area (Å²) in [5.41, 5.74) is 6.09. The molecule has 0 heterocycles. The molecule has 2 aliphatic carbocycles. The number of fused-ring (bicyclic) bond motifs is 1. The smallest absolute Gasteiger partial charge is 0.00606 e. The van der Waals surface area contributed by atoms with Gasteiger partial charge in [-0.3, -0.25) is 0 Å². The van der Waals surface area contributed by atoms with Crippen LogP contribution in [-0.2, 0) is 6.42 Å². The third-order valence-electron chi connectivity index (χ3n) is 3.87. The van der Waals surface area contributed by atoms with Crippen molar-refractivity contribution in [1.29, 1.82) is 0 Å². The van der Waals surface area contributed by atoms with E-state index in [-0.39, 0.29) is 0 Å². The molecule has 1 aromatic rings. The highest BCUT2D eigenvalue weighted by Crippen LogP contribution is 2.36. The molecule has 0 radical (unpaired) electrons. The summed E-state index contributed by atoms with van der Waals surface area (Å²) in [5, 5.41) is 0. The van der Waals surface area contributed by atoms with E-state index in [1.165, 1.54) is 48.8 Å². The van der Waals surface area contributed by atoms with E-state index in [1.54, 1.807) is 5.56 Å². The van der Waals surface area contributed by atoms with Crippen molar-refractivity contribution in [2.45, 2.75) is 44.9 Å². The maximum absolute atomic E-state index is 2.43. The quantitative estimate of drug-likeness (QED) is 0.631. The van der Waals surface area contributed by atoms with E-state index in [1.807, 2.05) is 0 Å². The molecule has 0 nitrogen and oxygen atoms in total. The van der Waals surface area contributed by atoms with Crippen molar-refractivity contribution >= 4 is 6.08 Å². The Kier molecular flexibility index (Phi) is 2.16. The molecule has 0 spiro atoms. The molecule has 0 N–H and O–H groups in total. The van der Waals surface area contributed by atoms with Crippen molar-refractivity contribution in [3.05, 3.63) is 40.5 Å². The van der Waals surface area contributed by atoms with Gasteiger partial charge < -0.3 is 0 Å². The lowest BCUT2D eigenvalue weighted by Gasteiger charge is -2.10. The molecule has 78 valence electrons. The van der Waals surface area contributed by atoms with E-state index in [9.17, 15) is 0 Å². The van der Waals surface area contributed by atoms with Gasteiger partial charge in [0.2, 0.25) is 0 Å². The van der Waals surface area contributed by atoms with Gasteiger partial charge in [-0.05, 0) is 48.8 Å². The molecule has 0 amide bonds. The molecule has 0 saturated heterocycles. The van der Waals surface area contributed by atoms with Crippen molar-refractivity contribution in [3.63, 3.8) is 0 Å². The van der Waals surface area contributed by atoms with E-state index in [2.05, 4.69) is 31.2 Å². The van der Waals surface area contributed by atoms with Gasteiger partial charge in [0, 0.05) is 0 Å². The Balaban J connectivity index is 1.94. The summed E-state index contributed by atoms with van der Waals surface area (Å²) in [5.74, 6) is 0.851. The molecule has 1 aromatic carbocycles. The first-order chi connectivity index (χ1) is 7.33. The highest BCUT2D eigenvalue weighted by atomic mass is 14.2. The number of allylic oxidation sites excluding steroid dienone is 1. The van der Waals surface area contributed by atoms with Crippen LogP contribution >= 0.6 is 0 Å². The number of hydrogen-bond acceptors (Lipinski definition) is 0. The fraction of sp³-hybridized carbons (Fsp3) is 0.467. The van der Waals surface area contributed by atoms with Crippen molar-refractivity contribution in [2.24, 2.45) is 0 Å². The second-order valence-electron chi connectivity index (χ2n) is 5.11. The molecule has 0 heteroatoms. The highest BCUT2D eigenvalue weighted by molar-refractivity contribution is 5.64. The van der Waals surface area contributed by atoms with Gasteiger partial charge in [0.25, 0.3) is 0 Å². The average Bonchev–Trinajstić information content (AvgIpc) is 2.82. The van der Waals surface area contributed by atoms with Gasteiger partial charge in [-0.15, -0.1) is 0 Å². The van der Waals surface area contributed by atoms with Gasteiger partial charge >= 0.3 is 0 Å². The monoisotopic (exact) mass is 198 g/mol. The van der Waals surface area contributed by atoms with Gasteiger partial charge in [0.15, 0.2) is 0 Å². The van der Waals surface area contributed by atoms with Crippen LogP contribution in [0.15, 0.2) is 23.8 Å². The van der Waals surface area contributed by atoms with E-state index in [4.69, 9.17) is 0 Å². The Hall–Kier alpha value is -1.04. The molecule has 3 rings (SSSR count). The summed E-state index contributed by atoms with van der Waals surface area (Å²) in [6.07, 6.45) is 9.18. The molecule has 0 aromatic heterocycles. The lowest BCUT2D eigenvalue weighted by atomic mass is 9.94. The summed E-state index contributed by atoms with van der Waals surface area (Å²) in [7, 11) is 0. The fourth-order valence-corrected chi connectivity index (χ4v) is 3.04. The first-order valence-corrected chi connectivity index (χ1v) is 6.13. The Morgan fingerprint density at radius 2 is 1.93 bits per heavy atom. The Bertz CT molecular complexity index is 406. The minimum Gasteiger partial charge on any atom is -0.0683 e. The second kappa shape index (κ2) is 3.52. The number of benzene rings is 1. The normalized spacial score (nSPS) is 20.5. The van der Waals surface area contributed by atoms with Crippen molar-refractivity contribution in [2.75, 3.05) is 0 Å². The summed E-state index contributed by atoms with van der Waals surface area (Å²) in [6, 6.07) is 7.14. The summed E-state index contributed by atoms with van der Waals surface area (Å²) in [6.45, 7) is 2.23. The lowest BCUT2D eigenvalue weighted by molar-refractivity contribution is 0.723. The third kappa shape index (κ3) is 1.62. The zero-order chi connectivity index (χ0) is 10.3. The van der Waals surface area contributed by atoms with Crippen molar-refractivity contribution in [1.82, 2.24) is 0 Å². The Morgan fingerprint density at radius 1 is 1.13 bits per heavy atom. The maximum Gasteiger partial charge on any atom is -0.00606 e. The summed E-state index contributed by atoms with van der Waals surface area (Å²) in [4.78, 5) is 0. The predicted molar refractivity (Wildman–Crippen MR) is 65.0 cm³/mol. The van der Waals surface area contributed by atoms with Gasteiger partial charge in [-0.25, -0.2) is 0 Å². The predicted octanol–water partition coefficient (Wildman–Crippen LogP) is 4.30. The van der Waals surface area contributed by atoms with Crippen LogP contribution in [-0.4, -0.2) is 0 Å². The van der Waals surface area contributed by atoms with Gasteiger partial charge in [-0.1, -0.05) is 42.7 Å². The van der Waals surface area contributed by atoms with E-state index in [0.29, 0.717) is 0 Å². The van der Waals surface area contributed by atoms with Crippen LogP contribution < -0.4 is 0 Å². The first-order valence-electron chi connectivity index (χ1n) is 6.13. The number of rotatable bonds is 1. The third-order valence-corrected chi connectivity index (χ3v) is 3.87. The molecule has 2 aliphatic rings. The van der Waals surface area contributed by atoms with Crippen molar-refractivity contribution < 1.29 is 0 Å². The molecule has 0 atom stereocenters. The largest absolute Gasteiger partial charge is 0.0683 e. The lowest BCUT2D eigenvalue weighted by Crippen LogP contribution is -1.93. The van der Waals surface area contributed by atoms with E-state index >= 15 is 0 Å². The zero-order valence-corrected chi connectivity index (χ0v) is 9.42. The summed E-state index contributed by atoms with van der Waals surface area (Å²) >= 11 is 0. The minimum absolute atomic E-state index is 0.851. The second-order valence-corrected chi connectivity index (χ2v) is 5.11. The minimum atomic E-state index is 0.851. The van der Waals surface area contributed by atoms with Crippen LogP contribution in [0.5, 0.6) is 0 Å². The van der Waals surface area contributed by atoms with E-state index in [0.717, 1.165) is 5.92 Å². The fourth-order valence-electron chi connectivity index (χ4n) is 3.04. The van der Waals surface area contributed by atoms with Crippen LogP contribution in [0.1, 0.15) is 55.2 Å². The Labute approximate surface area is 92.0 Å². The highest BCUT2D eigenvalue weighted by Gasteiger charge is 2.18. The molecule has 0 bridgehead atoms. The van der Waals surface area contributed by atoms with Crippen molar-refractivity contribution in [3.8, 4) is 0 Å². The van der Waals surface area contributed by atoms with Gasteiger partial charge in [0.05, 0.1) is 0 Å². The number of hydrogen-bond donors (Lipinski definition) is 0.